The molecule has 2 aromatic carbocycles. The summed E-state index contributed by atoms with van der Waals surface area (Å²) in [5.74, 6) is 6.10. The third-order valence-corrected chi connectivity index (χ3v) is 9.47. The molecule has 2 aromatic heterocycles. The third kappa shape index (κ3) is 4.91. The van der Waals surface area contributed by atoms with Crippen molar-refractivity contribution >= 4 is 22.8 Å². The summed E-state index contributed by atoms with van der Waals surface area (Å²) in [4.78, 5) is 34.3. The number of hydrogen-bond acceptors (Lipinski definition) is 7. The lowest BCUT2D eigenvalue weighted by Crippen LogP contribution is -2.62. The van der Waals surface area contributed by atoms with Gasteiger partial charge >= 0.3 is 12.0 Å². The van der Waals surface area contributed by atoms with Crippen LogP contribution in [-0.2, 0) is 9.53 Å². The molecule has 2 fully saturated rings. The van der Waals surface area contributed by atoms with E-state index >= 15 is 0 Å². The number of carbonyl (C=O) groups excluding carboxylic acids is 2. The molecule has 9 heteroatoms. The van der Waals surface area contributed by atoms with Crippen LogP contribution in [0.1, 0.15) is 67.6 Å². The molecular weight excluding hydrogens is 542 g/mol. The summed E-state index contributed by atoms with van der Waals surface area (Å²) < 4.78 is 12.0. The monoisotopic (exact) mass is 577 g/mol. The summed E-state index contributed by atoms with van der Waals surface area (Å²) in [6.07, 6.45) is 6.04. The first-order valence-corrected chi connectivity index (χ1v) is 14.6. The Morgan fingerprint density at radius 1 is 1.09 bits per heavy atom. The number of aromatic nitrogens is 4. The molecule has 0 aliphatic heterocycles. The van der Waals surface area contributed by atoms with Gasteiger partial charge in [0.2, 0.25) is 0 Å². The van der Waals surface area contributed by atoms with E-state index < -0.39 is 0 Å². The summed E-state index contributed by atoms with van der Waals surface area (Å²) in [7, 11) is 2.99. The maximum Gasteiger partial charge on any atom is 0.316 e. The molecule has 1 spiro atoms. The number of ether oxygens (including phenoxy) is 2. The van der Waals surface area contributed by atoms with Gasteiger partial charge in [0.15, 0.2) is 0 Å². The molecule has 6 rings (SSSR count). The van der Waals surface area contributed by atoms with Crippen molar-refractivity contribution in [2.24, 2.45) is 17.3 Å². The Bertz CT molecular complexity index is 1760. The summed E-state index contributed by atoms with van der Waals surface area (Å²) in [6, 6.07) is 13.9. The van der Waals surface area contributed by atoms with Crippen LogP contribution >= 0.6 is 0 Å². The number of nitrogens with zero attached hydrogens (tertiary/aromatic N) is 4. The lowest BCUT2D eigenvalue weighted by molar-refractivity contribution is -0.173. The van der Waals surface area contributed by atoms with Gasteiger partial charge in [-0.2, -0.15) is 10.1 Å². The Kier molecular flexibility index (Phi) is 7.38. The molecule has 220 valence electrons. The second kappa shape index (κ2) is 11.2. The summed E-state index contributed by atoms with van der Waals surface area (Å²) in [5.41, 5.74) is 5.03. The molecule has 43 heavy (non-hydrogen) atoms. The summed E-state index contributed by atoms with van der Waals surface area (Å²) in [5, 5.41) is 8.85. The molecule has 1 N–H and O–H groups in total. The molecule has 2 aliphatic rings. The van der Waals surface area contributed by atoms with Crippen molar-refractivity contribution in [1.82, 2.24) is 25.1 Å². The quantitative estimate of drug-likeness (QED) is 0.238. The van der Waals surface area contributed by atoms with Crippen molar-refractivity contribution in [1.29, 1.82) is 0 Å². The minimum Gasteiger partial charge on any atom is -0.469 e. The number of amides is 1. The highest BCUT2D eigenvalue weighted by Gasteiger charge is 2.60. The first-order valence-electron chi connectivity index (χ1n) is 14.6. The van der Waals surface area contributed by atoms with E-state index in [0.29, 0.717) is 11.6 Å². The van der Waals surface area contributed by atoms with Crippen LogP contribution in [0.3, 0.4) is 0 Å². The summed E-state index contributed by atoms with van der Waals surface area (Å²) >= 11 is 0. The Hall–Kier alpha value is -4.71. The number of hydrogen-bond donors (Lipinski definition) is 1. The summed E-state index contributed by atoms with van der Waals surface area (Å²) in [6.45, 7) is 5.99. The van der Waals surface area contributed by atoms with Gasteiger partial charge in [0.1, 0.15) is 0 Å². The van der Waals surface area contributed by atoms with Gasteiger partial charge in [-0.3, -0.25) is 14.3 Å². The van der Waals surface area contributed by atoms with Gasteiger partial charge < -0.3 is 14.8 Å². The van der Waals surface area contributed by atoms with Crippen LogP contribution in [0.25, 0.3) is 22.2 Å². The minimum atomic E-state index is -0.152. The molecule has 2 heterocycles. The number of nitrogens with one attached hydrogen (secondary N) is 1. The number of esters is 1. The lowest BCUT2D eigenvalue weighted by atomic mass is 9.44. The molecule has 0 bridgehead atoms. The Balaban J connectivity index is 1.25. The van der Waals surface area contributed by atoms with Crippen LogP contribution in [0, 0.1) is 29.1 Å². The Morgan fingerprint density at radius 2 is 1.86 bits per heavy atom. The van der Waals surface area contributed by atoms with Gasteiger partial charge in [0, 0.05) is 28.8 Å². The SMILES string of the molecule is CC#Cc1ccc(C(=O)NC2CC3(C2)CC(C(=O)OC)[C@@H]3C)c2c1cnn2C(C)c1ccc(-c2ccnc(OC)n2)cc1. The predicted molar refractivity (Wildman–Crippen MR) is 162 cm³/mol. The average Bonchev–Trinajstić information content (AvgIpc) is 3.47. The number of rotatable bonds is 7. The van der Waals surface area contributed by atoms with E-state index in [4.69, 9.17) is 14.6 Å². The Morgan fingerprint density at radius 3 is 2.53 bits per heavy atom. The topological polar surface area (TPSA) is 108 Å². The third-order valence-electron chi connectivity index (χ3n) is 9.47. The van der Waals surface area contributed by atoms with Gasteiger partial charge in [-0.15, -0.1) is 5.92 Å². The van der Waals surface area contributed by atoms with Crippen LogP contribution in [0.2, 0.25) is 0 Å². The van der Waals surface area contributed by atoms with Crippen molar-refractivity contribution in [3.05, 3.63) is 71.5 Å². The molecule has 2 saturated carbocycles. The highest BCUT2D eigenvalue weighted by molar-refractivity contribution is 6.07. The first-order chi connectivity index (χ1) is 20.8. The molecule has 4 aromatic rings. The van der Waals surface area contributed by atoms with E-state index in [1.165, 1.54) is 7.11 Å². The molecule has 3 atom stereocenters. The van der Waals surface area contributed by atoms with Crippen molar-refractivity contribution in [3.63, 3.8) is 0 Å². The van der Waals surface area contributed by atoms with Gasteiger partial charge in [0.05, 0.1) is 49.2 Å². The van der Waals surface area contributed by atoms with Gasteiger partial charge in [-0.1, -0.05) is 37.1 Å². The van der Waals surface area contributed by atoms with Gasteiger partial charge in [-0.05, 0) is 68.2 Å². The second-order valence-electron chi connectivity index (χ2n) is 11.7. The van der Waals surface area contributed by atoms with E-state index in [9.17, 15) is 9.59 Å². The van der Waals surface area contributed by atoms with Gasteiger partial charge in [0.25, 0.3) is 5.91 Å². The van der Waals surface area contributed by atoms with E-state index in [2.05, 4.69) is 41.0 Å². The number of methoxy groups -OCH3 is 2. The zero-order valence-electron chi connectivity index (χ0n) is 25.0. The standard InChI is InChI=1S/C34H35N5O4/c1-6-7-23-12-13-26(31(40)37-25-16-34(17-25)18-27(20(34)2)32(41)42-4)30-28(23)19-36-39(30)21(3)22-8-10-24(11-9-22)29-14-15-35-33(38-29)43-5/h8-15,19-21,25,27H,16-18H2,1-5H3,(H,37,40)/t20-,21?,25?,27?,34?/m0/s1. The van der Waals surface area contributed by atoms with Crippen molar-refractivity contribution < 1.29 is 19.1 Å². The van der Waals surface area contributed by atoms with Crippen molar-refractivity contribution in [3.8, 4) is 29.1 Å². The smallest absolute Gasteiger partial charge is 0.316 e. The molecular formula is C34H35N5O4. The molecule has 2 aliphatic carbocycles. The van der Waals surface area contributed by atoms with E-state index in [1.807, 2.05) is 47.1 Å². The molecule has 2 unspecified atom stereocenters. The fraction of sp³-hybridized carbons (Fsp3) is 0.382. The molecule has 9 nitrogen and oxygen atoms in total. The zero-order valence-corrected chi connectivity index (χ0v) is 25.0. The number of carbonyl (C=O) groups is 2. The highest BCUT2D eigenvalue weighted by atomic mass is 16.5. The minimum absolute atomic E-state index is 0.0396. The predicted octanol–water partition coefficient (Wildman–Crippen LogP) is 5.19. The largest absolute Gasteiger partial charge is 0.469 e. The second-order valence-corrected chi connectivity index (χ2v) is 11.7. The highest BCUT2D eigenvalue weighted by Crippen LogP contribution is 2.62. The van der Waals surface area contributed by atoms with E-state index in [-0.39, 0.29) is 41.2 Å². The number of benzene rings is 2. The van der Waals surface area contributed by atoms with Crippen molar-refractivity contribution in [2.75, 3.05) is 14.2 Å². The first kappa shape index (κ1) is 28.4. The molecule has 0 radical (unpaired) electrons. The maximum absolute atomic E-state index is 13.7. The van der Waals surface area contributed by atoms with Crippen LogP contribution < -0.4 is 10.1 Å². The fourth-order valence-electron chi connectivity index (χ4n) is 6.89. The number of fused-ring (bicyclic) bond motifs is 1. The van der Waals surface area contributed by atoms with Crippen molar-refractivity contribution in [2.45, 2.75) is 52.1 Å². The zero-order chi connectivity index (χ0) is 30.3. The van der Waals surface area contributed by atoms with Crippen LogP contribution in [0.4, 0.5) is 0 Å². The normalized spacial score (nSPS) is 23.0. The van der Waals surface area contributed by atoms with Crippen LogP contribution in [0.15, 0.2) is 54.9 Å². The van der Waals surface area contributed by atoms with E-state index in [1.54, 1.807) is 26.4 Å². The van der Waals surface area contributed by atoms with E-state index in [0.717, 1.165) is 52.5 Å². The lowest BCUT2D eigenvalue weighted by Gasteiger charge is -2.61. The van der Waals surface area contributed by atoms with Gasteiger partial charge in [-0.25, -0.2) is 4.98 Å². The fourth-order valence-corrected chi connectivity index (χ4v) is 6.89. The van der Waals surface area contributed by atoms with Crippen LogP contribution in [-0.4, -0.2) is 51.9 Å². The molecule has 1 amide bonds. The maximum atomic E-state index is 13.7. The van der Waals surface area contributed by atoms with Crippen LogP contribution in [0.5, 0.6) is 6.01 Å². The Labute approximate surface area is 251 Å². The average molecular weight is 578 g/mol. The molecule has 0 saturated heterocycles.